The van der Waals surface area contributed by atoms with E-state index in [1.165, 1.54) is 12.1 Å². The van der Waals surface area contributed by atoms with Gasteiger partial charge in [-0.1, -0.05) is 6.92 Å². The van der Waals surface area contributed by atoms with Crippen molar-refractivity contribution in [2.24, 2.45) is 0 Å². The van der Waals surface area contributed by atoms with Crippen molar-refractivity contribution in [3.63, 3.8) is 0 Å². The summed E-state index contributed by atoms with van der Waals surface area (Å²) in [5.41, 5.74) is 6.62. The van der Waals surface area contributed by atoms with Gasteiger partial charge in [-0.05, 0) is 49.6 Å². The number of aromatic amines is 2. The quantitative estimate of drug-likeness (QED) is 0.494. The Morgan fingerprint density at radius 1 is 1.03 bits per heavy atom. The lowest BCUT2D eigenvalue weighted by Crippen LogP contribution is -2.46. The van der Waals surface area contributed by atoms with Crippen molar-refractivity contribution >= 4 is 16.7 Å². The molecule has 4 aromatic heterocycles. The van der Waals surface area contributed by atoms with Gasteiger partial charge in [-0.2, -0.15) is 0 Å². The van der Waals surface area contributed by atoms with E-state index in [9.17, 15) is 4.79 Å². The molecule has 0 aromatic carbocycles. The lowest BCUT2D eigenvalue weighted by atomic mass is 10.1. The van der Waals surface area contributed by atoms with E-state index in [0.717, 1.165) is 59.0 Å². The van der Waals surface area contributed by atoms with Gasteiger partial charge in [0.15, 0.2) is 0 Å². The second kappa shape index (κ2) is 7.81. The second-order valence-electron chi connectivity index (χ2n) is 9.07. The predicted molar refractivity (Wildman–Crippen MR) is 128 cm³/mol. The second-order valence-corrected chi connectivity index (χ2v) is 9.07. The highest BCUT2D eigenvalue weighted by Gasteiger charge is 2.48. The largest absolute Gasteiger partial charge is 0.364 e. The van der Waals surface area contributed by atoms with Crippen LogP contribution < -0.4 is 10.5 Å². The third-order valence-corrected chi connectivity index (χ3v) is 6.87. The highest BCUT2D eigenvalue weighted by atomic mass is 16.1. The number of rotatable bonds is 5. The lowest BCUT2D eigenvalue weighted by Gasteiger charge is -2.35. The molecule has 0 bridgehead atoms. The Morgan fingerprint density at radius 3 is 2.70 bits per heavy atom. The maximum Gasteiger partial charge on any atom is 0.251 e. The summed E-state index contributed by atoms with van der Waals surface area (Å²) in [5, 5.41) is 0. The number of nitrogens with zero attached hydrogens (tertiary/aromatic N) is 5. The van der Waals surface area contributed by atoms with Crippen molar-refractivity contribution in [3.05, 3.63) is 70.2 Å². The van der Waals surface area contributed by atoms with E-state index in [4.69, 9.17) is 0 Å². The van der Waals surface area contributed by atoms with E-state index in [-0.39, 0.29) is 5.56 Å². The van der Waals surface area contributed by atoms with Crippen LogP contribution in [0.5, 0.6) is 0 Å². The van der Waals surface area contributed by atoms with Crippen LogP contribution in [0.3, 0.4) is 0 Å². The lowest BCUT2D eigenvalue weighted by molar-refractivity contribution is 0.234. The number of hydrogen-bond donors (Lipinski definition) is 2. The SMILES string of the molecule is CCc1cc2ncc(CN3CCN(c4ccc(-c5cnc(C)[nH]5)nc4)[C@H]4C[C@H]43)cc2[nH]c1=O. The van der Waals surface area contributed by atoms with E-state index >= 15 is 0 Å². The molecule has 2 aliphatic rings. The number of hydrogen-bond acceptors (Lipinski definition) is 6. The van der Waals surface area contributed by atoms with Crippen molar-refractivity contribution in [3.8, 4) is 11.4 Å². The van der Waals surface area contributed by atoms with E-state index < -0.39 is 0 Å². The molecule has 5 heterocycles. The van der Waals surface area contributed by atoms with Crippen molar-refractivity contribution in [1.29, 1.82) is 0 Å². The first-order valence-electron chi connectivity index (χ1n) is 11.6. The molecule has 1 saturated carbocycles. The minimum atomic E-state index is -0.0119. The molecule has 1 aliphatic carbocycles. The highest BCUT2D eigenvalue weighted by Crippen LogP contribution is 2.40. The Labute approximate surface area is 191 Å². The molecule has 0 amide bonds. The molecule has 6 rings (SSSR count). The normalized spacial score (nSPS) is 20.2. The predicted octanol–water partition coefficient (Wildman–Crippen LogP) is 3.04. The number of nitrogens with one attached hydrogen (secondary N) is 2. The zero-order valence-corrected chi connectivity index (χ0v) is 18.9. The molecule has 33 heavy (non-hydrogen) atoms. The van der Waals surface area contributed by atoms with Crippen LogP contribution in [0.2, 0.25) is 0 Å². The van der Waals surface area contributed by atoms with Crippen LogP contribution >= 0.6 is 0 Å². The fourth-order valence-electron chi connectivity index (χ4n) is 5.00. The Bertz CT molecular complexity index is 1370. The number of imidazole rings is 1. The van der Waals surface area contributed by atoms with Gasteiger partial charge in [0.2, 0.25) is 0 Å². The number of aromatic nitrogens is 5. The molecular formula is C25H27N7O. The van der Waals surface area contributed by atoms with E-state index in [1.54, 1.807) is 0 Å². The molecule has 4 aromatic rings. The summed E-state index contributed by atoms with van der Waals surface area (Å²) in [7, 11) is 0. The fraction of sp³-hybridized carbons (Fsp3) is 0.360. The Kier molecular flexibility index (Phi) is 4.76. The van der Waals surface area contributed by atoms with Crippen LogP contribution in [0.1, 0.15) is 30.3 Å². The van der Waals surface area contributed by atoms with E-state index in [2.05, 4.69) is 52.9 Å². The van der Waals surface area contributed by atoms with Crippen molar-refractivity contribution in [2.75, 3.05) is 18.0 Å². The maximum atomic E-state index is 12.2. The van der Waals surface area contributed by atoms with Gasteiger partial charge >= 0.3 is 0 Å². The molecule has 168 valence electrons. The summed E-state index contributed by atoms with van der Waals surface area (Å²) in [5.74, 6) is 0.895. The van der Waals surface area contributed by atoms with Crippen molar-refractivity contribution in [1.82, 2.24) is 29.8 Å². The van der Waals surface area contributed by atoms with Crippen LogP contribution in [-0.4, -0.2) is 55.0 Å². The topological polar surface area (TPSA) is 93.8 Å². The minimum absolute atomic E-state index is 0.0119. The minimum Gasteiger partial charge on any atom is -0.364 e. The average Bonchev–Trinajstić information content (AvgIpc) is 3.52. The smallest absolute Gasteiger partial charge is 0.251 e. The molecule has 2 N–H and O–H groups in total. The Morgan fingerprint density at radius 2 is 1.94 bits per heavy atom. The van der Waals surface area contributed by atoms with Crippen molar-refractivity contribution < 1.29 is 0 Å². The summed E-state index contributed by atoms with van der Waals surface area (Å²) >= 11 is 0. The molecule has 8 heteroatoms. The highest BCUT2D eigenvalue weighted by molar-refractivity contribution is 5.74. The van der Waals surface area contributed by atoms with Gasteiger partial charge in [0, 0.05) is 43.5 Å². The summed E-state index contributed by atoms with van der Waals surface area (Å²) in [6.07, 6.45) is 7.63. The zero-order chi connectivity index (χ0) is 22.5. The first-order valence-corrected chi connectivity index (χ1v) is 11.6. The van der Waals surface area contributed by atoms with Gasteiger partial charge in [-0.15, -0.1) is 0 Å². The third kappa shape index (κ3) is 3.70. The molecule has 0 radical (unpaired) electrons. The van der Waals surface area contributed by atoms with Crippen LogP contribution in [-0.2, 0) is 13.0 Å². The van der Waals surface area contributed by atoms with Crippen LogP contribution in [0.25, 0.3) is 22.4 Å². The number of piperazine rings is 1. The Balaban J connectivity index is 1.14. The zero-order valence-electron chi connectivity index (χ0n) is 18.9. The maximum absolute atomic E-state index is 12.2. The van der Waals surface area contributed by atoms with Gasteiger partial charge in [0.05, 0.1) is 40.5 Å². The molecular weight excluding hydrogens is 414 g/mol. The summed E-state index contributed by atoms with van der Waals surface area (Å²) in [6, 6.07) is 9.29. The summed E-state index contributed by atoms with van der Waals surface area (Å²) < 4.78 is 0. The van der Waals surface area contributed by atoms with Gasteiger partial charge in [-0.3, -0.25) is 19.7 Å². The van der Waals surface area contributed by atoms with Crippen LogP contribution in [0.4, 0.5) is 5.69 Å². The van der Waals surface area contributed by atoms with E-state index in [0.29, 0.717) is 18.5 Å². The first kappa shape index (κ1) is 20.1. The fourth-order valence-corrected chi connectivity index (χ4v) is 5.00. The Hall–Kier alpha value is -3.52. The average molecular weight is 442 g/mol. The summed E-state index contributed by atoms with van der Waals surface area (Å²) in [6.45, 7) is 6.75. The first-order chi connectivity index (χ1) is 16.1. The molecule has 1 saturated heterocycles. The molecule has 2 atom stereocenters. The standard InChI is InChI=1S/C25H27N7O/c1-3-17-9-20-21(30-25(17)33)8-16(11-27-20)14-31-6-7-32(24-10-23(24)31)18-4-5-19(28-12-18)22-13-26-15(2)29-22/h4-5,8-9,11-13,23-24H,3,6-7,10,14H2,1-2H3,(H,26,29)(H,30,33)/t23-,24+/m1/s1. The van der Waals surface area contributed by atoms with Crippen molar-refractivity contribution in [2.45, 2.75) is 45.3 Å². The molecule has 0 unspecified atom stereocenters. The van der Waals surface area contributed by atoms with Gasteiger partial charge in [-0.25, -0.2) is 4.98 Å². The van der Waals surface area contributed by atoms with Gasteiger partial charge < -0.3 is 14.9 Å². The number of anilines is 1. The van der Waals surface area contributed by atoms with E-state index in [1.807, 2.05) is 38.5 Å². The molecule has 0 spiro atoms. The number of aryl methyl sites for hydroxylation is 2. The number of H-pyrrole nitrogens is 2. The van der Waals surface area contributed by atoms with Gasteiger partial charge in [0.1, 0.15) is 5.82 Å². The molecule has 8 nitrogen and oxygen atoms in total. The monoisotopic (exact) mass is 441 g/mol. The number of pyridine rings is 3. The van der Waals surface area contributed by atoms with Crippen LogP contribution in [0, 0.1) is 6.92 Å². The molecule has 1 aliphatic heterocycles. The summed E-state index contributed by atoms with van der Waals surface area (Å²) in [4.78, 5) is 37.0. The van der Waals surface area contributed by atoms with Gasteiger partial charge in [0.25, 0.3) is 5.56 Å². The molecule has 2 fully saturated rings. The third-order valence-electron chi connectivity index (χ3n) is 6.87. The van der Waals surface area contributed by atoms with Crippen LogP contribution in [0.15, 0.2) is 47.7 Å². The number of fused-ring (bicyclic) bond motifs is 2.